The van der Waals surface area contributed by atoms with Crippen LogP contribution in [0.5, 0.6) is 0 Å². The lowest BCUT2D eigenvalue weighted by atomic mass is 10.1. The monoisotopic (exact) mass is 585 g/mol. The Kier molecular flexibility index (Phi) is 6.47. The predicted molar refractivity (Wildman–Crippen MR) is 186 cm³/mol. The first-order valence-electron chi connectivity index (χ1n) is 14.5. The molecule has 6 aromatic carbocycles. The molecule has 0 unspecified atom stereocenters. The fraction of sp³-hybridized carbons (Fsp3) is 0. The standard InChI is InChI=1S/C38H27N5S/c39-37(26-14-4-1-5-15-26)40-38(27-16-6-2-7-17-27)41-44-43-32-23-13-11-21-30(32)36-34(43)25-24-33-35(36)29-20-10-12-22-31(29)42(33)28-18-8-3-9-19-28/h1-25H,(H2,39,40,41). The first-order valence-corrected chi connectivity index (χ1v) is 15.3. The summed E-state index contributed by atoms with van der Waals surface area (Å²) < 4.78 is 8.12. The summed E-state index contributed by atoms with van der Waals surface area (Å²) >= 11 is 1.48. The van der Waals surface area contributed by atoms with E-state index in [2.05, 4.69) is 104 Å². The molecule has 0 amide bonds. The number of para-hydroxylation sites is 3. The second kappa shape index (κ2) is 10.9. The van der Waals surface area contributed by atoms with E-state index in [4.69, 9.17) is 10.4 Å². The highest BCUT2D eigenvalue weighted by atomic mass is 32.2. The Labute approximate surface area is 258 Å². The molecular weight excluding hydrogens is 559 g/mol. The number of amidine groups is 2. The van der Waals surface area contributed by atoms with Crippen LogP contribution in [0.1, 0.15) is 11.1 Å². The van der Waals surface area contributed by atoms with Crippen molar-refractivity contribution in [1.82, 2.24) is 13.3 Å². The number of nitrogens with one attached hydrogen (secondary N) is 2. The van der Waals surface area contributed by atoms with Gasteiger partial charge in [0.15, 0.2) is 5.84 Å². The molecule has 0 spiro atoms. The second-order valence-electron chi connectivity index (χ2n) is 10.6. The Morgan fingerprint density at radius 3 is 1.75 bits per heavy atom. The molecule has 8 rings (SSSR count). The zero-order valence-corrected chi connectivity index (χ0v) is 24.5. The number of fused-ring (bicyclic) bond motifs is 7. The van der Waals surface area contributed by atoms with Gasteiger partial charge in [-0.3, -0.25) is 14.1 Å². The van der Waals surface area contributed by atoms with Gasteiger partial charge in [-0.25, -0.2) is 4.99 Å². The van der Waals surface area contributed by atoms with Crippen molar-refractivity contribution in [3.05, 3.63) is 163 Å². The van der Waals surface area contributed by atoms with Gasteiger partial charge in [-0.2, -0.15) is 0 Å². The van der Waals surface area contributed by atoms with E-state index in [0.29, 0.717) is 5.84 Å². The molecule has 0 radical (unpaired) electrons. The van der Waals surface area contributed by atoms with E-state index in [-0.39, 0.29) is 5.84 Å². The molecule has 0 aliphatic rings. The molecule has 210 valence electrons. The molecule has 2 aromatic heterocycles. The van der Waals surface area contributed by atoms with E-state index < -0.39 is 0 Å². The van der Waals surface area contributed by atoms with Crippen LogP contribution >= 0.6 is 12.1 Å². The van der Waals surface area contributed by atoms with Gasteiger partial charge in [-0.1, -0.05) is 115 Å². The normalized spacial score (nSPS) is 12.0. The Morgan fingerprint density at radius 2 is 1.05 bits per heavy atom. The minimum atomic E-state index is 0.204. The van der Waals surface area contributed by atoms with Crippen molar-refractivity contribution in [3.63, 3.8) is 0 Å². The maximum atomic E-state index is 8.72. The topological polar surface area (TPSA) is 58.1 Å². The second-order valence-corrected chi connectivity index (χ2v) is 11.3. The van der Waals surface area contributed by atoms with Crippen LogP contribution in [-0.2, 0) is 0 Å². The Balaban J connectivity index is 1.31. The Bertz CT molecular complexity index is 2340. The number of nitrogens with zero attached hydrogens (tertiary/aromatic N) is 3. The van der Waals surface area contributed by atoms with E-state index >= 15 is 0 Å². The minimum absolute atomic E-state index is 0.204. The SMILES string of the molecule is N=C(N=C(NSn1c2ccccc2c2c3c4ccccc4n(-c4ccccc4)c3ccc21)c1ccccc1)c1ccccc1. The third kappa shape index (κ3) is 4.35. The van der Waals surface area contributed by atoms with Crippen molar-refractivity contribution >= 4 is 67.4 Å². The molecule has 44 heavy (non-hydrogen) atoms. The van der Waals surface area contributed by atoms with Crippen LogP contribution in [0.4, 0.5) is 0 Å². The van der Waals surface area contributed by atoms with Gasteiger partial charge >= 0.3 is 0 Å². The lowest BCUT2D eigenvalue weighted by molar-refractivity contribution is 1.18. The van der Waals surface area contributed by atoms with E-state index in [1.807, 2.05) is 60.7 Å². The summed E-state index contributed by atoms with van der Waals surface area (Å²) in [6, 6.07) is 51.8. The van der Waals surface area contributed by atoms with Crippen molar-refractivity contribution in [1.29, 1.82) is 5.41 Å². The lowest BCUT2D eigenvalue weighted by Gasteiger charge is -2.12. The molecule has 5 nitrogen and oxygen atoms in total. The van der Waals surface area contributed by atoms with Crippen LogP contribution in [0.25, 0.3) is 49.3 Å². The predicted octanol–water partition coefficient (Wildman–Crippen LogP) is 9.36. The van der Waals surface area contributed by atoms with Crippen molar-refractivity contribution in [2.24, 2.45) is 4.99 Å². The van der Waals surface area contributed by atoms with Crippen molar-refractivity contribution in [2.45, 2.75) is 0 Å². The maximum Gasteiger partial charge on any atom is 0.154 e. The summed E-state index contributed by atoms with van der Waals surface area (Å²) in [6.45, 7) is 0. The summed E-state index contributed by atoms with van der Waals surface area (Å²) in [5.41, 5.74) is 7.39. The number of aromatic nitrogens is 2. The van der Waals surface area contributed by atoms with E-state index in [1.165, 1.54) is 44.7 Å². The van der Waals surface area contributed by atoms with Gasteiger partial charge in [0.1, 0.15) is 5.84 Å². The summed E-state index contributed by atoms with van der Waals surface area (Å²) in [4.78, 5) is 4.76. The highest BCUT2D eigenvalue weighted by Gasteiger charge is 2.20. The molecule has 2 heterocycles. The van der Waals surface area contributed by atoms with Crippen LogP contribution in [0.15, 0.2) is 157 Å². The number of aliphatic imine (C=N–C) groups is 1. The smallest absolute Gasteiger partial charge is 0.154 e. The molecule has 0 aliphatic heterocycles. The van der Waals surface area contributed by atoms with Crippen molar-refractivity contribution in [2.75, 3.05) is 0 Å². The van der Waals surface area contributed by atoms with Gasteiger partial charge in [0.2, 0.25) is 0 Å². The minimum Gasteiger partial charge on any atom is -0.309 e. The highest BCUT2D eigenvalue weighted by molar-refractivity contribution is 7.96. The third-order valence-electron chi connectivity index (χ3n) is 7.99. The molecule has 6 heteroatoms. The quantitative estimate of drug-likeness (QED) is 0.120. The van der Waals surface area contributed by atoms with Gasteiger partial charge in [0, 0.05) is 38.4 Å². The number of hydrogen-bond donors (Lipinski definition) is 2. The molecule has 0 fully saturated rings. The molecule has 0 bridgehead atoms. The van der Waals surface area contributed by atoms with E-state index in [1.54, 1.807) is 0 Å². The van der Waals surface area contributed by atoms with Crippen molar-refractivity contribution < 1.29 is 0 Å². The van der Waals surface area contributed by atoms with Crippen molar-refractivity contribution in [3.8, 4) is 5.69 Å². The first-order chi connectivity index (χ1) is 21.8. The molecule has 0 saturated heterocycles. The summed E-state index contributed by atoms with van der Waals surface area (Å²) in [5.74, 6) is 0.826. The number of benzene rings is 6. The highest BCUT2D eigenvalue weighted by Crippen LogP contribution is 2.42. The molecule has 8 aromatic rings. The van der Waals surface area contributed by atoms with Gasteiger partial charge in [-0.05, 0) is 36.4 Å². The maximum absolute atomic E-state index is 8.72. The van der Waals surface area contributed by atoms with Crippen LogP contribution < -0.4 is 4.72 Å². The summed E-state index contributed by atoms with van der Waals surface area (Å²) in [6.07, 6.45) is 0. The van der Waals surface area contributed by atoms with E-state index in [0.717, 1.165) is 27.8 Å². The van der Waals surface area contributed by atoms with Gasteiger partial charge in [-0.15, -0.1) is 0 Å². The van der Waals surface area contributed by atoms with E-state index in [9.17, 15) is 0 Å². The molecule has 0 aliphatic carbocycles. The fourth-order valence-corrected chi connectivity index (χ4v) is 6.89. The average molecular weight is 586 g/mol. The number of hydrogen-bond acceptors (Lipinski definition) is 2. The number of rotatable bonds is 5. The summed E-state index contributed by atoms with van der Waals surface area (Å²) in [7, 11) is 0. The van der Waals surface area contributed by atoms with Gasteiger partial charge in [0.05, 0.1) is 34.2 Å². The van der Waals surface area contributed by atoms with Gasteiger partial charge in [0.25, 0.3) is 0 Å². The van der Waals surface area contributed by atoms with Gasteiger partial charge < -0.3 is 4.57 Å². The Hall–Kier alpha value is -5.59. The molecule has 0 atom stereocenters. The molecule has 0 saturated carbocycles. The Morgan fingerprint density at radius 1 is 0.523 bits per heavy atom. The average Bonchev–Trinajstić information content (AvgIpc) is 3.60. The van der Waals surface area contributed by atoms with Crippen LogP contribution in [0.3, 0.4) is 0 Å². The molecule has 2 N–H and O–H groups in total. The largest absolute Gasteiger partial charge is 0.309 e. The van der Waals surface area contributed by atoms with Crippen LogP contribution in [0, 0.1) is 5.41 Å². The lowest BCUT2D eigenvalue weighted by Crippen LogP contribution is -2.21. The third-order valence-corrected chi connectivity index (χ3v) is 8.85. The summed E-state index contributed by atoms with van der Waals surface area (Å²) in [5, 5.41) is 13.6. The molecular formula is C38H27N5S. The fourth-order valence-electron chi connectivity index (χ4n) is 6.04. The zero-order chi connectivity index (χ0) is 29.5. The zero-order valence-electron chi connectivity index (χ0n) is 23.7. The first kappa shape index (κ1) is 26.1. The van der Waals surface area contributed by atoms with Crippen LogP contribution in [-0.4, -0.2) is 20.2 Å². The van der Waals surface area contributed by atoms with Crippen LogP contribution in [0.2, 0.25) is 0 Å².